The lowest BCUT2D eigenvalue weighted by Gasteiger charge is -2.29. The van der Waals surface area contributed by atoms with Gasteiger partial charge < -0.3 is 10.0 Å². The topological polar surface area (TPSA) is 93.3 Å². The van der Waals surface area contributed by atoms with Gasteiger partial charge in [0.25, 0.3) is 0 Å². The molecule has 0 aliphatic carbocycles. The summed E-state index contributed by atoms with van der Waals surface area (Å²) < 4.78 is 0. The van der Waals surface area contributed by atoms with E-state index in [0.29, 0.717) is 23.7 Å². The van der Waals surface area contributed by atoms with Crippen molar-refractivity contribution in [3.05, 3.63) is 17.5 Å². The van der Waals surface area contributed by atoms with Crippen LogP contribution in [0.15, 0.2) is 6.20 Å². The van der Waals surface area contributed by atoms with E-state index in [4.69, 9.17) is 5.26 Å². The lowest BCUT2D eigenvalue weighted by molar-refractivity contribution is 0.198. The molecule has 1 aromatic rings. The normalized spacial score (nSPS) is 16.0. The van der Waals surface area contributed by atoms with Gasteiger partial charge >= 0.3 is 6.09 Å². The van der Waals surface area contributed by atoms with Gasteiger partial charge in [-0.25, -0.2) is 19.7 Å². The molecule has 1 amide bonds. The maximum Gasteiger partial charge on any atom is 0.414 e. The Morgan fingerprint density at radius 2 is 2.22 bits per heavy atom. The monoisotopic (exact) mass is 317 g/mol. The molecular formula is C16H23N5O2. The number of piperidine rings is 1. The lowest BCUT2D eigenvalue weighted by Crippen LogP contribution is -2.33. The van der Waals surface area contributed by atoms with Gasteiger partial charge in [-0.05, 0) is 58.7 Å². The van der Waals surface area contributed by atoms with E-state index in [1.165, 1.54) is 23.9 Å². The van der Waals surface area contributed by atoms with Crippen molar-refractivity contribution >= 4 is 12.0 Å². The first-order valence-electron chi connectivity index (χ1n) is 7.94. The number of hydrogen-bond donors (Lipinski definition) is 1. The Balaban J connectivity index is 1.93. The van der Waals surface area contributed by atoms with Crippen molar-refractivity contribution in [1.29, 1.82) is 5.26 Å². The first-order valence-corrected chi connectivity index (χ1v) is 7.94. The van der Waals surface area contributed by atoms with Crippen molar-refractivity contribution < 1.29 is 9.90 Å². The van der Waals surface area contributed by atoms with Crippen LogP contribution in [0.25, 0.3) is 0 Å². The van der Waals surface area contributed by atoms with Gasteiger partial charge in [0.1, 0.15) is 6.07 Å². The van der Waals surface area contributed by atoms with E-state index >= 15 is 0 Å². The zero-order valence-corrected chi connectivity index (χ0v) is 13.7. The van der Waals surface area contributed by atoms with Gasteiger partial charge in [-0.15, -0.1) is 0 Å². The number of aryl methyl sites for hydroxylation is 1. The molecule has 1 saturated heterocycles. The minimum absolute atomic E-state index is 0.150. The number of nitriles is 1. The Morgan fingerprint density at radius 1 is 1.52 bits per heavy atom. The van der Waals surface area contributed by atoms with Gasteiger partial charge in [-0.1, -0.05) is 0 Å². The summed E-state index contributed by atoms with van der Waals surface area (Å²) in [7, 11) is 2.13. The number of rotatable bonds is 5. The molecule has 7 heteroatoms. The quantitative estimate of drug-likeness (QED) is 0.895. The second-order valence-electron chi connectivity index (χ2n) is 6.10. The van der Waals surface area contributed by atoms with Gasteiger partial charge in [-0.3, -0.25) is 0 Å². The van der Waals surface area contributed by atoms with Crippen LogP contribution in [0.1, 0.15) is 36.9 Å². The molecule has 0 radical (unpaired) electrons. The fourth-order valence-electron chi connectivity index (χ4n) is 2.86. The largest absolute Gasteiger partial charge is 0.465 e. The minimum atomic E-state index is -1.06. The Hall–Kier alpha value is -2.20. The van der Waals surface area contributed by atoms with Crippen LogP contribution in [0.3, 0.4) is 0 Å². The molecule has 124 valence electrons. The van der Waals surface area contributed by atoms with Crippen LogP contribution in [-0.4, -0.2) is 52.7 Å². The lowest BCUT2D eigenvalue weighted by atomic mass is 9.92. The third-order valence-corrected chi connectivity index (χ3v) is 4.39. The van der Waals surface area contributed by atoms with E-state index in [0.717, 1.165) is 25.9 Å². The molecule has 0 saturated carbocycles. The predicted molar refractivity (Wildman–Crippen MR) is 86.3 cm³/mol. The zero-order chi connectivity index (χ0) is 16.8. The van der Waals surface area contributed by atoms with Crippen LogP contribution in [0.5, 0.6) is 0 Å². The number of hydrogen-bond acceptors (Lipinski definition) is 5. The average Bonchev–Trinajstić information content (AvgIpc) is 2.53. The second kappa shape index (κ2) is 7.88. The minimum Gasteiger partial charge on any atom is -0.465 e. The number of nitrogens with zero attached hydrogens (tertiary/aromatic N) is 5. The van der Waals surface area contributed by atoms with E-state index in [1.54, 1.807) is 6.92 Å². The van der Waals surface area contributed by atoms with Gasteiger partial charge in [0.15, 0.2) is 0 Å². The number of anilines is 1. The Labute approximate surface area is 136 Å². The van der Waals surface area contributed by atoms with E-state index in [2.05, 4.69) is 21.9 Å². The summed E-state index contributed by atoms with van der Waals surface area (Å²) in [5.41, 5.74) is 0.865. The van der Waals surface area contributed by atoms with Crippen molar-refractivity contribution in [3.8, 4) is 6.07 Å². The fraction of sp³-hybridized carbons (Fsp3) is 0.625. The van der Waals surface area contributed by atoms with Crippen LogP contribution in [0, 0.1) is 24.2 Å². The van der Waals surface area contributed by atoms with Crippen LogP contribution in [0.2, 0.25) is 0 Å². The van der Waals surface area contributed by atoms with Gasteiger partial charge in [-0.2, -0.15) is 5.26 Å². The summed E-state index contributed by atoms with van der Waals surface area (Å²) in [5.74, 6) is 0.822. The maximum absolute atomic E-state index is 11.5. The second-order valence-corrected chi connectivity index (χ2v) is 6.10. The number of aromatic nitrogens is 2. The van der Waals surface area contributed by atoms with E-state index < -0.39 is 6.09 Å². The number of carboxylic acid groups (broad SMARTS) is 1. The fourth-order valence-corrected chi connectivity index (χ4v) is 2.86. The highest BCUT2D eigenvalue weighted by Crippen LogP contribution is 2.21. The third kappa shape index (κ3) is 4.63. The summed E-state index contributed by atoms with van der Waals surface area (Å²) in [5, 5.41) is 18.3. The zero-order valence-electron chi connectivity index (χ0n) is 13.7. The SMILES string of the molecule is Cc1nc(N(CCCC2CCN(C)CC2)C(=O)O)ncc1C#N. The van der Waals surface area contributed by atoms with E-state index in [1.807, 2.05) is 6.07 Å². The highest BCUT2D eigenvalue weighted by molar-refractivity contribution is 5.83. The van der Waals surface area contributed by atoms with Crippen LogP contribution >= 0.6 is 0 Å². The summed E-state index contributed by atoms with van der Waals surface area (Å²) in [6, 6.07) is 1.99. The molecular weight excluding hydrogens is 294 g/mol. The standard InChI is InChI=1S/C16H23N5O2/c1-12-14(10-17)11-18-15(19-12)21(16(22)23)7-3-4-13-5-8-20(2)9-6-13/h11,13H,3-9H2,1-2H3,(H,22,23). The molecule has 2 heterocycles. The Kier molecular flexibility index (Phi) is 5.88. The smallest absolute Gasteiger partial charge is 0.414 e. The molecule has 1 aliphatic heterocycles. The van der Waals surface area contributed by atoms with E-state index in [-0.39, 0.29) is 5.95 Å². The van der Waals surface area contributed by atoms with Gasteiger partial charge in [0.05, 0.1) is 17.5 Å². The summed E-state index contributed by atoms with van der Waals surface area (Å²) in [6.45, 7) is 4.30. The first-order chi connectivity index (χ1) is 11.0. The average molecular weight is 317 g/mol. The molecule has 1 aromatic heterocycles. The number of carbonyl (C=O) groups is 1. The predicted octanol–water partition coefficient (Wildman–Crippen LogP) is 2.26. The number of likely N-dealkylation sites (tertiary alicyclic amines) is 1. The van der Waals surface area contributed by atoms with Crippen molar-refractivity contribution in [3.63, 3.8) is 0 Å². The molecule has 1 aliphatic rings. The third-order valence-electron chi connectivity index (χ3n) is 4.39. The Morgan fingerprint density at radius 3 is 2.78 bits per heavy atom. The maximum atomic E-state index is 11.5. The molecule has 1 N–H and O–H groups in total. The van der Waals surface area contributed by atoms with Gasteiger partial charge in [0, 0.05) is 6.54 Å². The molecule has 0 aromatic carbocycles. The molecule has 23 heavy (non-hydrogen) atoms. The van der Waals surface area contributed by atoms with Crippen LogP contribution in [-0.2, 0) is 0 Å². The highest BCUT2D eigenvalue weighted by Gasteiger charge is 2.20. The first kappa shape index (κ1) is 17.2. The van der Waals surface area contributed by atoms with E-state index in [9.17, 15) is 9.90 Å². The van der Waals surface area contributed by atoms with Crippen molar-refractivity contribution in [2.24, 2.45) is 5.92 Å². The highest BCUT2D eigenvalue weighted by atomic mass is 16.4. The molecule has 0 spiro atoms. The van der Waals surface area contributed by atoms with Crippen molar-refractivity contribution in [2.75, 3.05) is 31.6 Å². The molecule has 0 bridgehead atoms. The molecule has 0 unspecified atom stereocenters. The van der Waals surface area contributed by atoms with Crippen molar-refractivity contribution in [2.45, 2.75) is 32.6 Å². The van der Waals surface area contributed by atoms with Crippen LogP contribution < -0.4 is 4.90 Å². The molecule has 1 fully saturated rings. The van der Waals surface area contributed by atoms with Crippen LogP contribution in [0.4, 0.5) is 10.7 Å². The molecule has 7 nitrogen and oxygen atoms in total. The molecule has 2 rings (SSSR count). The summed E-state index contributed by atoms with van der Waals surface area (Å²) >= 11 is 0. The summed E-state index contributed by atoms with van der Waals surface area (Å²) in [4.78, 5) is 23.1. The van der Waals surface area contributed by atoms with Crippen molar-refractivity contribution in [1.82, 2.24) is 14.9 Å². The van der Waals surface area contributed by atoms with Gasteiger partial charge in [0.2, 0.25) is 5.95 Å². The molecule has 0 atom stereocenters. The number of amides is 1. The Bertz CT molecular complexity index is 591. The summed E-state index contributed by atoms with van der Waals surface area (Å²) in [6.07, 6.45) is 4.49.